The van der Waals surface area contributed by atoms with Crippen LogP contribution in [0.2, 0.25) is 5.02 Å². The Balaban J connectivity index is 1.96. The van der Waals surface area contributed by atoms with Crippen LogP contribution in [-0.2, 0) is 17.9 Å². The van der Waals surface area contributed by atoms with Crippen molar-refractivity contribution in [3.63, 3.8) is 0 Å². The zero-order valence-corrected chi connectivity index (χ0v) is 16.6. The molecule has 1 amide bonds. The number of rotatable bonds is 6. The van der Waals surface area contributed by atoms with Crippen LogP contribution in [0.4, 0.5) is 0 Å². The minimum atomic E-state index is -0.481. The zero-order valence-electron chi connectivity index (χ0n) is 15.8. The highest BCUT2D eigenvalue weighted by Crippen LogP contribution is 2.14. The number of benzene rings is 2. The molecule has 146 valence electrons. The number of para-hydroxylation sites is 1. The maximum absolute atomic E-state index is 13.0. The van der Waals surface area contributed by atoms with Gasteiger partial charge in [-0.2, -0.15) is 0 Å². The lowest BCUT2D eigenvalue weighted by Crippen LogP contribution is -2.43. The van der Waals surface area contributed by atoms with E-state index in [1.54, 1.807) is 30.3 Å². The molecule has 0 saturated carbocycles. The van der Waals surface area contributed by atoms with Gasteiger partial charge in [-0.3, -0.25) is 18.7 Å². The van der Waals surface area contributed by atoms with Gasteiger partial charge < -0.3 is 5.32 Å². The number of halogens is 1. The van der Waals surface area contributed by atoms with Gasteiger partial charge in [0, 0.05) is 17.6 Å². The second-order valence-electron chi connectivity index (χ2n) is 6.69. The van der Waals surface area contributed by atoms with Crippen molar-refractivity contribution in [1.82, 2.24) is 14.5 Å². The van der Waals surface area contributed by atoms with Crippen LogP contribution < -0.4 is 16.6 Å². The van der Waals surface area contributed by atoms with Gasteiger partial charge in [0.05, 0.1) is 10.9 Å². The Morgan fingerprint density at radius 2 is 1.79 bits per heavy atom. The average Bonchev–Trinajstić information content (AvgIpc) is 2.70. The lowest BCUT2D eigenvalue weighted by molar-refractivity contribution is -0.121. The van der Waals surface area contributed by atoms with Crippen molar-refractivity contribution in [2.75, 3.05) is 0 Å². The molecule has 0 saturated heterocycles. The SMILES string of the molecule is CCC(C)n1c(=O)c2ccccc2n(CC(=O)NCc2ccccc2Cl)c1=O. The number of aromatic nitrogens is 2. The van der Waals surface area contributed by atoms with Gasteiger partial charge >= 0.3 is 5.69 Å². The van der Waals surface area contributed by atoms with Crippen molar-refractivity contribution in [3.8, 4) is 0 Å². The van der Waals surface area contributed by atoms with E-state index in [9.17, 15) is 14.4 Å². The molecule has 7 heteroatoms. The van der Waals surface area contributed by atoms with Gasteiger partial charge in [-0.1, -0.05) is 48.9 Å². The van der Waals surface area contributed by atoms with Crippen molar-refractivity contribution < 1.29 is 4.79 Å². The number of fused-ring (bicyclic) bond motifs is 1. The van der Waals surface area contributed by atoms with E-state index >= 15 is 0 Å². The van der Waals surface area contributed by atoms with Gasteiger partial charge in [0.1, 0.15) is 6.54 Å². The molecule has 0 fully saturated rings. The number of hydrogen-bond donors (Lipinski definition) is 1. The number of amides is 1. The second kappa shape index (κ2) is 8.44. The molecule has 1 N–H and O–H groups in total. The minimum absolute atomic E-state index is 0.180. The summed E-state index contributed by atoms with van der Waals surface area (Å²) in [6, 6.07) is 13.8. The monoisotopic (exact) mass is 399 g/mol. The standard InChI is InChI=1S/C21H22ClN3O3/c1-3-14(2)25-20(27)16-9-5-7-11-18(16)24(21(25)28)13-19(26)23-12-15-8-4-6-10-17(15)22/h4-11,14H,3,12-13H2,1-2H3,(H,23,26). The van der Waals surface area contributed by atoms with Crippen molar-refractivity contribution in [3.05, 3.63) is 80.0 Å². The molecule has 28 heavy (non-hydrogen) atoms. The molecule has 0 bridgehead atoms. The molecule has 0 spiro atoms. The van der Waals surface area contributed by atoms with E-state index in [1.807, 2.05) is 32.0 Å². The van der Waals surface area contributed by atoms with Crippen molar-refractivity contribution in [1.29, 1.82) is 0 Å². The Labute approximate surface area is 167 Å². The highest BCUT2D eigenvalue weighted by atomic mass is 35.5. The summed E-state index contributed by atoms with van der Waals surface area (Å²) in [6.07, 6.45) is 0.631. The summed E-state index contributed by atoms with van der Waals surface area (Å²) in [5.41, 5.74) is 0.429. The molecule has 3 rings (SSSR count). The molecule has 1 heterocycles. The maximum Gasteiger partial charge on any atom is 0.332 e. The summed E-state index contributed by atoms with van der Waals surface area (Å²) in [5, 5.41) is 3.77. The van der Waals surface area contributed by atoms with Crippen molar-refractivity contribution in [2.45, 2.75) is 39.4 Å². The quantitative estimate of drug-likeness (QED) is 0.692. The number of nitrogens with zero attached hydrogens (tertiary/aromatic N) is 2. The molecule has 0 aliphatic carbocycles. The molecule has 6 nitrogen and oxygen atoms in total. The van der Waals surface area contributed by atoms with Gasteiger partial charge in [-0.05, 0) is 37.1 Å². The summed E-state index contributed by atoms with van der Waals surface area (Å²) >= 11 is 6.12. The highest BCUT2D eigenvalue weighted by Gasteiger charge is 2.17. The summed E-state index contributed by atoms with van der Waals surface area (Å²) in [7, 11) is 0. The molecular formula is C21H22ClN3O3. The summed E-state index contributed by atoms with van der Waals surface area (Å²) in [6.45, 7) is 3.81. The van der Waals surface area contributed by atoms with Gasteiger partial charge in [0.15, 0.2) is 0 Å². The van der Waals surface area contributed by atoms with Crippen LogP contribution in [0.3, 0.4) is 0 Å². The maximum atomic E-state index is 13.0. The topological polar surface area (TPSA) is 73.1 Å². The number of carbonyl (C=O) groups excluding carboxylic acids is 1. The van der Waals surface area contributed by atoms with E-state index in [0.717, 1.165) is 5.56 Å². The highest BCUT2D eigenvalue weighted by molar-refractivity contribution is 6.31. The van der Waals surface area contributed by atoms with Gasteiger partial charge in [0.2, 0.25) is 5.91 Å². The fourth-order valence-corrected chi connectivity index (χ4v) is 3.30. The van der Waals surface area contributed by atoms with Crippen molar-refractivity contribution in [2.24, 2.45) is 0 Å². The van der Waals surface area contributed by atoms with Gasteiger partial charge in [-0.15, -0.1) is 0 Å². The van der Waals surface area contributed by atoms with E-state index in [-0.39, 0.29) is 30.6 Å². The first-order valence-corrected chi connectivity index (χ1v) is 9.56. The third kappa shape index (κ3) is 3.87. The smallest absolute Gasteiger partial charge is 0.332 e. The van der Waals surface area contributed by atoms with Crippen LogP contribution in [0, 0.1) is 0 Å². The van der Waals surface area contributed by atoms with Crippen molar-refractivity contribution >= 4 is 28.4 Å². The Morgan fingerprint density at radius 1 is 1.11 bits per heavy atom. The van der Waals surface area contributed by atoms with Gasteiger partial charge in [-0.25, -0.2) is 4.79 Å². The first-order valence-electron chi connectivity index (χ1n) is 9.18. The van der Waals surface area contributed by atoms with E-state index in [1.165, 1.54) is 9.13 Å². The van der Waals surface area contributed by atoms with Crippen LogP contribution in [0.1, 0.15) is 31.9 Å². The summed E-state index contributed by atoms with van der Waals surface area (Å²) in [5.74, 6) is -0.332. The number of nitrogens with one attached hydrogen (secondary N) is 1. The molecule has 0 radical (unpaired) electrons. The fraction of sp³-hybridized carbons (Fsp3) is 0.286. The predicted molar refractivity (Wildman–Crippen MR) is 111 cm³/mol. The minimum Gasteiger partial charge on any atom is -0.350 e. The number of hydrogen-bond acceptors (Lipinski definition) is 3. The molecule has 1 atom stereocenters. The first-order chi connectivity index (χ1) is 13.4. The summed E-state index contributed by atoms with van der Waals surface area (Å²) < 4.78 is 2.58. The van der Waals surface area contributed by atoms with Crippen LogP contribution in [0.15, 0.2) is 58.1 Å². The Bertz CT molecular complexity index is 1130. The van der Waals surface area contributed by atoms with Crippen LogP contribution in [-0.4, -0.2) is 15.0 Å². The van der Waals surface area contributed by atoms with Crippen LogP contribution >= 0.6 is 11.6 Å². The fourth-order valence-electron chi connectivity index (χ4n) is 3.10. The number of carbonyl (C=O) groups is 1. The molecule has 2 aromatic carbocycles. The average molecular weight is 400 g/mol. The molecule has 0 aliphatic heterocycles. The Hall–Kier alpha value is -2.86. The third-order valence-corrected chi connectivity index (χ3v) is 5.22. The zero-order chi connectivity index (χ0) is 20.3. The van der Waals surface area contributed by atoms with E-state index < -0.39 is 5.69 Å². The predicted octanol–water partition coefficient (Wildman–Crippen LogP) is 3.10. The largest absolute Gasteiger partial charge is 0.350 e. The van der Waals surface area contributed by atoms with E-state index in [0.29, 0.717) is 22.3 Å². The molecule has 3 aromatic rings. The molecule has 1 aromatic heterocycles. The van der Waals surface area contributed by atoms with E-state index in [2.05, 4.69) is 5.32 Å². The van der Waals surface area contributed by atoms with Crippen LogP contribution in [0.5, 0.6) is 0 Å². The Kier molecular flexibility index (Phi) is 5.99. The molecule has 1 unspecified atom stereocenters. The summed E-state index contributed by atoms with van der Waals surface area (Å²) in [4.78, 5) is 38.3. The lowest BCUT2D eigenvalue weighted by Gasteiger charge is -2.17. The first kappa shape index (κ1) is 19.9. The second-order valence-corrected chi connectivity index (χ2v) is 7.09. The third-order valence-electron chi connectivity index (χ3n) is 4.85. The molecular weight excluding hydrogens is 378 g/mol. The van der Waals surface area contributed by atoms with Crippen LogP contribution in [0.25, 0.3) is 10.9 Å². The lowest BCUT2D eigenvalue weighted by atomic mass is 10.2. The van der Waals surface area contributed by atoms with E-state index in [4.69, 9.17) is 11.6 Å². The molecule has 0 aliphatic rings. The Morgan fingerprint density at radius 3 is 2.50 bits per heavy atom. The van der Waals surface area contributed by atoms with Gasteiger partial charge in [0.25, 0.3) is 5.56 Å². The normalized spacial score (nSPS) is 12.1.